The van der Waals surface area contributed by atoms with E-state index in [1.165, 1.54) is 29.5 Å². The molecular formula is C10H6FNOS. The van der Waals surface area contributed by atoms with Crippen LogP contribution in [-0.2, 0) is 0 Å². The van der Waals surface area contributed by atoms with Crippen molar-refractivity contribution in [3.63, 3.8) is 0 Å². The van der Waals surface area contributed by atoms with E-state index in [4.69, 9.17) is 0 Å². The predicted octanol–water partition coefficient (Wildman–Crippen LogP) is 2.76. The first-order valence-electron chi connectivity index (χ1n) is 3.95. The lowest BCUT2D eigenvalue weighted by molar-refractivity contribution is 0.112. The zero-order chi connectivity index (χ0) is 9.97. The van der Waals surface area contributed by atoms with Crippen LogP contribution in [0.15, 0.2) is 29.9 Å². The normalized spacial score (nSPS) is 10.1. The highest BCUT2D eigenvalue weighted by Gasteiger charge is 2.07. The summed E-state index contributed by atoms with van der Waals surface area (Å²) < 4.78 is 13.3. The van der Waals surface area contributed by atoms with E-state index in [1.807, 2.05) is 0 Å². The smallest absolute Gasteiger partial charge is 0.150 e. The highest BCUT2D eigenvalue weighted by Crippen LogP contribution is 2.26. The quantitative estimate of drug-likeness (QED) is 0.709. The third-order valence-electron chi connectivity index (χ3n) is 1.82. The van der Waals surface area contributed by atoms with Crippen LogP contribution in [0.4, 0.5) is 4.39 Å². The van der Waals surface area contributed by atoms with E-state index in [9.17, 15) is 9.18 Å². The summed E-state index contributed by atoms with van der Waals surface area (Å²) >= 11 is 1.34. The summed E-state index contributed by atoms with van der Waals surface area (Å²) in [6, 6.07) is 4.27. The molecule has 0 atom stereocenters. The fourth-order valence-electron chi connectivity index (χ4n) is 1.15. The molecule has 0 unspecified atom stereocenters. The third-order valence-corrected chi connectivity index (χ3v) is 2.63. The fourth-order valence-corrected chi connectivity index (χ4v) is 1.79. The van der Waals surface area contributed by atoms with Crippen LogP contribution in [0.5, 0.6) is 0 Å². The summed E-state index contributed by atoms with van der Waals surface area (Å²) in [5.41, 5.74) is 2.52. The van der Waals surface area contributed by atoms with Crippen LogP contribution in [0.2, 0.25) is 0 Å². The Balaban J connectivity index is 2.57. The molecular weight excluding hydrogens is 201 g/mol. The van der Waals surface area contributed by atoms with Gasteiger partial charge in [-0.05, 0) is 18.2 Å². The number of aldehydes is 1. The number of aromatic nitrogens is 1. The van der Waals surface area contributed by atoms with Gasteiger partial charge in [-0.3, -0.25) is 9.78 Å². The van der Waals surface area contributed by atoms with Crippen molar-refractivity contribution in [3.05, 3.63) is 41.3 Å². The lowest BCUT2D eigenvalue weighted by Gasteiger charge is -1.99. The number of halogens is 1. The van der Waals surface area contributed by atoms with E-state index >= 15 is 0 Å². The second kappa shape index (κ2) is 3.67. The summed E-state index contributed by atoms with van der Waals surface area (Å²) in [4.78, 5) is 15.1. The summed E-state index contributed by atoms with van der Waals surface area (Å²) in [5, 5.41) is 0. The monoisotopic (exact) mass is 207 g/mol. The van der Waals surface area contributed by atoms with Gasteiger partial charge in [0, 0.05) is 17.3 Å². The van der Waals surface area contributed by atoms with E-state index < -0.39 is 0 Å². The Morgan fingerprint density at radius 2 is 2.29 bits per heavy atom. The molecule has 1 aromatic carbocycles. The predicted molar refractivity (Wildman–Crippen MR) is 52.9 cm³/mol. The SMILES string of the molecule is O=Cc1ccc(F)c(-c2cncs2)c1. The van der Waals surface area contributed by atoms with Crippen LogP contribution in [0.25, 0.3) is 10.4 Å². The molecule has 0 N–H and O–H groups in total. The largest absolute Gasteiger partial charge is 0.298 e. The second-order valence-corrected chi connectivity index (χ2v) is 3.61. The van der Waals surface area contributed by atoms with Crippen molar-refractivity contribution in [1.29, 1.82) is 0 Å². The topological polar surface area (TPSA) is 30.0 Å². The van der Waals surface area contributed by atoms with Gasteiger partial charge in [-0.2, -0.15) is 0 Å². The lowest BCUT2D eigenvalue weighted by atomic mass is 10.1. The van der Waals surface area contributed by atoms with Gasteiger partial charge in [-0.25, -0.2) is 4.39 Å². The van der Waals surface area contributed by atoms with Crippen molar-refractivity contribution in [2.45, 2.75) is 0 Å². The number of carbonyl (C=O) groups excluding carboxylic acids is 1. The zero-order valence-corrected chi connectivity index (χ0v) is 7.92. The molecule has 1 heterocycles. The number of thiazole rings is 1. The van der Waals surface area contributed by atoms with Crippen molar-refractivity contribution in [2.24, 2.45) is 0 Å². The molecule has 0 spiro atoms. The lowest BCUT2D eigenvalue weighted by Crippen LogP contribution is -1.85. The Morgan fingerprint density at radius 3 is 2.93 bits per heavy atom. The van der Waals surface area contributed by atoms with Gasteiger partial charge in [0.15, 0.2) is 0 Å². The molecule has 0 saturated heterocycles. The van der Waals surface area contributed by atoms with E-state index in [0.29, 0.717) is 17.4 Å². The average Bonchev–Trinajstić information content (AvgIpc) is 2.71. The van der Waals surface area contributed by atoms with Crippen molar-refractivity contribution in [3.8, 4) is 10.4 Å². The second-order valence-electron chi connectivity index (χ2n) is 2.72. The third kappa shape index (κ3) is 1.56. The Labute approximate surface area is 84.0 Å². The molecule has 14 heavy (non-hydrogen) atoms. The average molecular weight is 207 g/mol. The minimum absolute atomic E-state index is 0.333. The van der Waals surface area contributed by atoms with Gasteiger partial charge in [0.2, 0.25) is 0 Å². The minimum atomic E-state index is -0.333. The number of benzene rings is 1. The molecule has 0 aliphatic rings. The van der Waals surface area contributed by atoms with Crippen molar-refractivity contribution in [1.82, 2.24) is 4.98 Å². The maximum Gasteiger partial charge on any atom is 0.150 e. The Bertz CT molecular complexity index is 453. The van der Waals surface area contributed by atoms with Crippen LogP contribution in [-0.4, -0.2) is 11.3 Å². The molecule has 0 bridgehead atoms. The number of carbonyl (C=O) groups is 1. The van der Waals surface area contributed by atoms with Crippen molar-refractivity contribution in [2.75, 3.05) is 0 Å². The van der Waals surface area contributed by atoms with Crippen LogP contribution in [0.1, 0.15) is 10.4 Å². The standard InChI is InChI=1S/C10H6FNOS/c11-9-2-1-7(5-13)3-8(9)10-4-12-6-14-10/h1-6H. The van der Waals surface area contributed by atoms with E-state index in [2.05, 4.69) is 4.98 Å². The van der Waals surface area contributed by atoms with Gasteiger partial charge in [-0.1, -0.05) is 0 Å². The van der Waals surface area contributed by atoms with E-state index in [0.717, 1.165) is 4.88 Å². The first kappa shape index (κ1) is 9.02. The fraction of sp³-hybridized carbons (Fsp3) is 0. The van der Waals surface area contributed by atoms with Crippen LogP contribution in [0, 0.1) is 5.82 Å². The number of hydrogen-bond acceptors (Lipinski definition) is 3. The maximum absolute atomic E-state index is 13.3. The summed E-state index contributed by atoms with van der Waals surface area (Å²) in [6.07, 6.45) is 2.28. The van der Waals surface area contributed by atoms with Gasteiger partial charge in [0.1, 0.15) is 12.1 Å². The van der Waals surface area contributed by atoms with Gasteiger partial charge < -0.3 is 0 Å². The highest BCUT2D eigenvalue weighted by atomic mass is 32.1. The van der Waals surface area contributed by atoms with Crippen molar-refractivity contribution < 1.29 is 9.18 Å². The number of nitrogens with zero attached hydrogens (tertiary/aromatic N) is 1. The summed E-state index contributed by atoms with van der Waals surface area (Å²) in [5.74, 6) is -0.333. The molecule has 2 aromatic rings. The van der Waals surface area contributed by atoms with E-state index in [1.54, 1.807) is 11.7 Å². The highest BCUT2D eigenvalue weighted by molar-refractivity contribution is 7.13. The Hall–Kier alpha value is -1.55. The molecule has 0 amide bonds. The molecule has 0 aliphatic carbocycles. The van der Waals surface area contributed by atoms with Crippen LogP contribution < -0.4 is 0 Å². The van der Waals surface area contributed by atoms with Crippen molar-refractivity contribution >= 4 is 17.6 Å². The molecule has 0 fully saturated rings. The Kier molecular flexibility index (Phi) is 2.37. The van der Waals surface area contributed by atoms with Crippen LogP contribution >= 0.6 is 11.3 Å². The number of hydrogen-bond donors (Lipinski definition) is 0. The van der Waals surface area contributed by atoms with Gasteiger partial charge in [0.25, 0.3) is 0 Å². The molecule has 0 radical (unpaired) electrons. The first-order valence-corrected chi connectivity index (χ1v) is 4.83. The van der Waals surface area contributed by atoms with Gasteiger partial charge in [0.05, 0.1) is 10.4 Å². The van der Waals surface area contributed by atoms with Gasteiger partial charge >= 0.3 is 0 Å². The van der Waals surface area contributed by atoms with Gasteiger partial charge in [-0.15, -0.1) is 11.3 Å². The number of rotatable bonds is 2. The molecule has 2 rings (SSSR count). The van der Waals surface area contributed by atoms with E-state index in [-0.39, 0.29) is 5.82 Å². The summed E-state index contributed by atoms with van der Waals surface area (Å²) in [6.45, 7) is 0. The molecule has 4 heteroatoms. The Morgan fingerprint density at radius 1 is 1.43 bits per heavy atom. The zero-order valence-electron chi connectivity index (χ0n) is 7.11. The molecule has 2 nitrogen and oxygen atoms in total. The molecule has 70 valence electrons. The molecule has 0 aliphatic heterocycles. The van der Waals surface area contributed by atoms with Crippen LogP contribution in [0.3, 0.4) is 0 Å². The summed E-state index contributed by atoms with van der Waals surface area (Å²) in [7, 11) is 0. The molecule has 0 saturated carbocycles. The minimum Gasteiger partial charge on any atom is -0.298 e. The molecule has 1 aromatic heterocycles. The maximum atomic E-state index is 13.3. The first-order chi connectivity index (χ1) is 6.81.